The highest BCUT2D eigenvalue weighted by Gasteiger charge is 2.32. The van der Waals surface area contributed by atoms with Gasteiger partial charge < -0.3 is 14.8 Å². The number of benzene rings is 3. The summed E-state index contributed by atoms with van der Waals surface area (Å²) in [5.41, 5.74) is -0.713. The van der Waals surface area contributed by atoms with E-state index in [4.69, 9.17) is 21.1 Å². The molecule has 192 valence electrons. The van der Waals surface area contributed by atoms with Crippen molar-refractivity contribution >= 4 is 33.2 Å². The molecule has 0 aliphatic carbocycles. The van der Waals surface area contributed by atoms with E-state index in [9.17, 15) is 26.4 Å². The number of alkyl halides is 3. The molecule has 0 aliphatic heterocycles. The number of hydrogen-bond acceptors (Lipinski definition) is 5. The molecule has 0 aliphatic rings. The van der Waals surface area contributed by atoms with Gasteiger partial charge in [0.15, 0.2) is 11.5 Å². The van der Waals surface area contributed by atoms with Crippen LogP contribution in [-0.4, -0.2) is 34.6 Å². The standard InChI is InChI=1S/C24H22ClF3N2O5S/c1-34-21-11-9-17(14-22(21)35-2)36(32,33)30-20(12-15-6-4-3-5-7-15)23(31)29-19-13-16(24(26,27)28)8-10-18(19)25/h3-11,13-14,20,30H,12H2,1-2H3,(H,29,31)/t20-/m0/s1. The monoisotopic (exact) mass is 542 g/mol. The second kappa shape index (κ2) is 11.2. The summed E-state index contributed by atoms with van der Waals surface area (Å²) in [5.74, 6) is -0.446. The maximum Gasteiger partial charge on any atom is 0.416 e. The molecule has 0 radical (unpaired) electrons. The SMILES string of the molecule is COc1ccc(S(=O)(=O)N[C@@H](Cc2ccccc2)C(=O)Nc2cc(C(F)(F)F)ccc2Cl)cc1OC. The third kappa shape index (κ3) is 6.68. The number of methoxy groups -OCH3 is 2. The van der Waals surface area contributed by atoms with E-state index >= 15 is 0 Å². The summed E-state index contributed by atoms with van der Waals surface area (Å²) >= 11 is 6.00. The first-order chi connectivity index (χ1) is 16.9. The highest BCUT2D eigenvalue weighted by atomic mass is 35.5. The number of halogens is 4. The number of nitrogens with one attached hydrogen (secondary N) is 2. The number of hydrogen-bond donors (Lipinski definition) is 2. The predicted octanol–water partition coefficient (Wildman–Crippen LogP) is 4.90. The first-order valence-electron chi connectivity index (χ1n) is 10.4. The maximum atomic E-state index is 13.1. The van der Waals surface area contributed by atoms with E-state index in [1.807, 2.05) is 0 Å². The molecule has 0 spiro atoms. The van der Waals surface area contributed by atoms with Gasteiger partial charge in [0.2, 0.25) is 15.9 Å². The summed E-state index contributed by atoms with van der Waals surface area (Å²) in [6.07, 6.45) is -4.75. The topological polar surface area (TPSA) is 93.7 Å². The molecule has 1 atom stereocenters. The van der Waals surface area contributed by atoms with Gasteiger partial charge in [-0.05, 0) is 42.3 Å². The van der Waals surface area contributed by atoms with Gasteiger partial charge in [0.05, 0.1) is 35.4 Å². The van der Waals surface area contributed by atoms with E-state index in [0.717, 1.165) is 12.1 Å². The first-order valence-corrected chi connectivity index (χ1v) is 12.3. The Bertz CT molecular complexity index is 1340. The molecule has 36 heavy (non-hydrogen) atoms. The predicted molar refractivity (Wildman–Crippen MR) is 129 cm³/mol. The van der Waals surface area contributed by atoms with E-state index in [2.05, 4.69) is 10.0 Å². The van der Waals surface area contributed by atoms with Gasteiger partial charge in [0.1, 0.15) is 6.04 Å². The van der Waals surface area contributed by atoms with Crippen molar-refractivity contribution in [2.75, 3.05) is 19.5 Å². The number of carbonyl (C=O) groups excluding carboxylic acids is 1. The molecule has 0 aromatic heterocycles. The lowest BCUT2D eigenvalue weighted by molar-refractivity contribution is -0.137. The van der Waals surface area contributed by atoms with Crippen LogP contribution in [-0.2, 0) is 27.4 Å². The molecule has 1 amide bonds. The summed E-state index contributed by atoms with van der Waals surface area (Å²) in [4.78, 5) is 12.9. The van der Waals surface area contributed by atoms with Crippen LogP contribution in [0, 0.1) is 0 Å². The van der Waals surface area contributed by atoms with Crippen molar-refractivity contribution in [2.24, 2.45) is 0 Å². The van der Waals surface area contributed by atoms with Gasteiger partial charge in [-0.1, -0.05) is 41.9 Å². The molecule has 3 aromatic carbocycles. The van der Waals surface area contributed by atoms with Crippen molar-refractivity contribution in [3.63, 3.8) is 0 Å². The van der Waals surface area contributed by atoms with Crippen molar-refractivity contribution in [1.29, 1.82) is 0 Å². The number of amides is 1. The molecule has 12 heteroatoms. The van der Waals surface area contributed by atoms with E-state index in [1.165, 1.54) is 32.4 Å². The second-order valence-corrected chi connectivity index (χ2v) is 9.68. The van der Waals surface area contributed by atoms with Gasteiger partial charge in [0.25, 0.3) is 0 Å². The smallest absolute Gasteiger partial charge is 0.416 e. The number of ether oxygens (including phenoxy) is 2. The van der Waals surface area contributed by atoms with Crippen LogP contribution in [0.2, 0.25) is 5.02 Å². The minimum absolute atomic E-state index is 0.0875. The van der Waals surface area contributed by atoms with Crippen LogP contribution in [0.1, 0.15) is 11.1 Å². The highest BCUT2D eigenvalue weighted by Crippen LogP contribution is 2.34. The zero-order chi connectivity index (χ0) is 26.5. The summed E-state index contributed by atoms with van der Waals surface area (Å²) < 4.78 is 78.3. The van der Waals surface area contributed by atoms with Crippen molar-refractivity contribution in [3.05, 3.63) is 82.9 Å². The Balaban J connectivity index is 1.94. The molecule has 0 fully saturated rings. The Morgan fingerprint density at radius 3 is 2.25 bits per heavy atom. The number of rotatable bonds is 9. The van der Waals surface area contributed by atoms with Crippen LogP contribution in [0.3, 0.4) is 0 Å². The molecule has 0 saturated carbocycles. The summed E-state index contributed by atoms with van der Waals surface area (Å²) in [6, 6.07) is 13.5. The molecular formula is C24H22ClF3N2O5S. The minimum atomic E-state index is -4.66. The molecular weight excluding hydrogens is 521 g/mol. The molecule has 0 heterocycles. The van der Waals surface area contributed by atoms with Gasteiger partial charge in [-0.2, -0.15) is 17.9 Å². The third-order valence-corrected chi connectivity index (χ3v) is 6.91. The van der Waals surface area contributed by atoms with E-state index in [1.54, 1.807) is 30.3 Å². The fourth-order valence-corrected chi connectivity index (χ4v) is 4.67. The quantitative estimate of drug-likeness (QED) is 0.401. The largest absolute Gasteiger partial charge is 0.493 e. The van der Waals surface area contributed by atoms with Crippen LogP contribution in [0.15, 0.2) is 71.6 Å². The molecule has 2 N–H and O–H groups in total. The lowest BCUT2D eigenvalue weighted by Gasteiger charge is -2.20. The van der Waals surface area contributed by atoms with Gasteiger partial charge in [-0.3, -0.25) is 4.79 Å². The lowest BCUT2D eigenvalue weighted by atomic mass is 10.1. The first kappa shape index (κ1) is 27.3. The van der Waals surface area contributed by atoms with Gasteiger partial charge in [-0.25, -0.2) is 8.42 Å². The van der Waals surface area contributed by atoms with E-state index in [-0.39, 0.29) is 27.8 Å². The van der Waals surface area contributed by atoms with Crippen LogP contribution in [0.25, 0.3) is 0 Å². The minimum Gasteiger partial charge on any atom is -0.493 e. The van der Waals surface area contributed by atoms with Crippen molar-refractivity contribution < 1.29 is 35.9 Å². The van der Waals surface area contributed by atoms with Crippen LogP contribution >= 0.6 is 11.6 Å². The van der Waals surface area contributed by atoms with Crippen molar-refractivity contribution in [1.82, 2.24) is 4.72 Å². The fourth-order valence-electron chi connectivity index (χ4n) is 3.29. The zero-order valence-electron chi connectivity index (χ0n) is 19.1. The average molecular weight is 543 g/mol. The van der Waals surface area contributed by atoms with Crippen molar-refractivity contribution in [3.8, 4) is 11.5 Å². The molecule has 7 nitrogen and oxygen atoms in total. The van der Waals surface area contributed by atoms with Gasteiger partial charge >= 0.3 is 6.18 Å². The van der Waals surface area contributed by atoms with Crippen LogP contribution < -0.4 is 19.5 Å². The Hall–Kier alpha value is -3.28. The maximum absolute atomic E-state index is 13.1. The van der Waals surface area contributed by atoms with Gasteiger partial charge in [-0.15, -0.1) is 0 Å². The number of carbonyl (C=O) groups is 1. The third-order valence-electron chi connectivity index (χ3n) is 5.11. The number of anilines is 1. The summed E-state index contributed by atoms with van der Waals surface area (Å²) in [6.45, 7) is 0. The Morgan fingerprint density at radius 1 is 0.972 bits per heavy atom. The Labute approximate surface area is 211 Å². The number of sulfonamides is 1. The summed E-state index contributed by atoms with van der Waals surface area (Å²) in [5, 5.41) is 2.17. The lowest BCUT2D eigenvalue weighted by Crippen LogP contribution is -2.45. The van der Waals surface area contributed by atoms with Crippen LogP contribution in [0.4, 0.5) is 18.9 Å². The molecule has 3 aromatic rings. The summed E-state index contributed by atoms with van der Waals surface area (Å²) in [7, 11) is -1.54. The van der Waals surface area contributed by atoms with Gasteiger partial charge in [0, 0.05) is 6.07 Å². The zero-order valence-corrected chi connectivity index (χ0v) is 20.7. The van der Waals surface area contributed by atoms with E-state index in [0.29, 0.717) is 17.4 Å². The highest BCUT2D eigenvalue weighted by molar-refractivity contribution is 7.89. The Kier molecular flexibility index (Phi) is 8.49. The fraction of sp³-hybridized carbons (Fsp3) is 0.208. The second-order valence-electron chi connectivity index (χ2n) is 7.56. The average Bonchev–Trinajstić information content (AvgIpc) is 2.84. The molecule has 3 rings (SSSR count). The van der Waals surface area contributed by atoms with Crippen LogP contribution in [0.5, 0.6) is 11.5 Å². The van der Waals surface area contributed by atoms with Crippen molar-refractivity contribution in [2.45, 2.75) is 23.5 Å². The molecule has 0 saturated heterocycles. The normalized spacial score (nSPS) is 12.6. The Morgan fingerprint density at radius 2 is 1.64 bits per heavy atom. The van der Waals surface area contributed by atoms with E-state index < -0.39 is 33.7 Å². The molecule has 0 bridgehead atoms. The molecule has 0 unspecified atom stereocenters.